The maximum Gasteiger partial charge on any atom is 0.252 e. The van der Waals surface area contributed by atoms with Crippen LogP contribution in [0.25, 0.3) is 0 Å². The monoisotopic (exact) mass is 463 g/mol. The predicted molar refractivity (Wildman–Crippen MR) is 123 cm³/mol. The number of Topliss-reactive ketones (excluding diaryl/α,β-unsaturated/α-hetero) is 1. The second-order valence-corrected chi connectivity index (χ2v) is 10.2. The second-order valence-electron chi connectivity index (χ2n) is 10.2. The molecule has 0 spiro atoms. The van der Waals surface area contributed by atoms with Gasteiger partial charge in [0.1, 0.15) is 11.5 Å². The van der Waals surface area contributed by atoms with Crippen molar-refractivity contribution in [3.8, 4) is 6.07 Å². The zero-order valence-electron chi connectivity index (χ0n) is 19.3. The SMILES string of the molecule is N#CCC1(n2cc(C(N)=O)c(CC(=O)C3CC3)n2)CCN(C2CC(F)(c3ccccc3)C2)CC1. The number of alkyl halides is 1. The van der Waals surface area contributed by atoms with Crippen molar-refractivity contribution < 1.29 is 14.0 Å². The van der Waals surface area contributed by atoms with Gasteiger partial charge in [-0.3, -0.25) is 19.2 Å². The Morgan fingerprint density at radius 2 is 1.85 bits per heavy atom. The standard InChI is InChI=1S/C26H30FN5O2/c27-26(19-4-2-1-3-5-19)15-20(16-26)31-12-9-25(8-11-28,10-13-31)32-17-21(24(29)34)22(30-32)14-23(33)18-6-7-18/h1-5,17-18,20H,6-10,12-16H2,(H2,29,34). The normalized spacial score (nSPS) is 26.4. The molecule has 3 fully saturated rings. The van der Waals surface area contributed by atoms with Crippen LogP contribution in [-0.2, 0) is 22.4 Å². The van der Waals surface area contributed by atoms with Gasteiger partial charge in [0.25, 0.3) is 5.91 Å². The smallest absolute Gasteiger partial charge is 0.252 e. The first-order valence-corrected chi connectivity index (χ1v) is 12.1. The molecule has 34 heavy (non-hydrogen) atoms. The average Bonchev–Trinajstić information content (AvgIpc) is 3.58. The Balaban J connectivity index is 1.29. The number of carbonyl (C=O) groups is 2. The van der Waals surface area contributed by atoms with Crippen LogP contribution in [0.15, 0.2) is 36.5 Å². The third-order valence-electron chi connectivity index (χ3n) is 7.98. The quantitative estimate of drug-likeness (QED) is 0.647. The van der Waals surface area contributed by atoms with Gasteiger partial charge in [-0.05, 0) is 31.2 Å². The maximum absolute atomic E-state index is 15.3. The lowest BCUT2D eigenvalue weighted by atomic mass is 9.71. The molecule has 2 aromatic rings. The molecule has 0 unspecified atom stereocenters. The van der Waals surface area contributed by atoms with E-state index in [1.807, 2.05) is 30.3 Å². The van der Waals surface area contributed by atoms with E-state index >= 15 is 4.39 Å². The van der Waals surface area contributed by atoms with Crippen molar-refractivity contribution in [1.82, 2.24) is 14.7 Å². The molecule has 2 heterocycles. The summed E-state index contributed by atoms with van der Waals surface area (Å²) in [5.41, 5.74) is 5.17. The van der Waals surface area contributed by atoms with Crippen molar-refractivity contribution in [3.63, 3.8) is 0 Å². The molecular formula is C26H30FN5O2. The minimum Gasteiger partial charge on any atom is -0.365 e. The first-order valence-electron chi connectivity index (χ1n) is 12.1. The van der Waals surface area contributed by atoms with Gasteiger partial charge in [0.05, 0.1) is 35.7 Å². The molecule has 1 aromatic heterocycles. The summed E-state index contributed by atoms with van der Waals surface area (Å²) in [6.45, 7) is 1.44. The topological polar surface area (TPSA) is 105 Å². The minimum absolute atomic E-state index is 0.0724. The zero-order valence-corrected chi connectivity index (χ0v) is 19.3. The molecule has 178 valence electrons. The molecule has 5 rings (SSSR count). The third-order valence-corrected chi connectivity index (χ3v) is 7.98. The lowest BCUT2D eigenvalue weighted by Gasteiger charge is -2.51. The number of hydrogen-bond acceptors (Lipinski definition) is 5. The van der Waals surface area contributed by atoms with Crippen LogP contribution in [0.1, 0.15) is 66.6 Å². The first kappa shape index (κ1) is 22.7. The van der Waals surface area contributed by atoms with Crippen LogP contribution in [0, 0.1) is 17.2 Å². The number of likely N-dealkylation sites (tertiary alicyclic amines) is 1. The Bertz CT molecular complexity index is 1120. The summed E-state index contributed by atoms with van der Waals surface area (Å²) in [5.74, 6) is -0.442. The number of benzene rings is 1. The van der Waals surface area contributed by atoms with Gasteiger partial charge in [-0.2, -0.15) is 10.4 Å². The summed E-state index contributed by atoms with van der Waals surface area (Å²) >= 11 is 0. The molecule has 1 amide bonds. The van der Waals surface area contributed by atoms with Crippen LogP contribution in [0.2, 0.25) is 0 Å². The molecule has 2 aliphatic carbocycles. The molecule has 1 saturated heterocycles. The van der Waals surface area contributed by atoms with Crippen LogP contribution < -0.4 is 5.73 Å². The number of rotatable bonds is 8. The fraction of sp³-hybridized carbons (Fsp3) is 0.538. The number of hydrogen-bond donors (Lipinski definition) is 1. The minimum atomic E-state index is -1.27. The Kier molecular flexibility index (Phi) is 5.76. The number of halogens is 1. The summed E-state index contributed by atoms with van der Waals surface area (Å²) in [6, 6.07) is 11.8. The van der Waals surface area contributed by atoms with Gasteiger partial charge in [0, 0.05) is 44.1 Å². The number of nitrogens with zero attached hydrogens (tertiary/aromatic N) is 4. The highest BCUT2D eigenvalue weighted by Crippen LogP contribution is 2.48. The van der Waals surface area contributed by atoms with E-state index in [-0.39, 0.29) is 36.1 Å². The van der Waals surface area contributed by atoms with E-state index in [2.05, 4.69) is 16.1 Å². The van der Waals surface area contributed by atoms with Crippen LogP contribution in [0.5, 0.6) is 0 Å². The number of primary amides is 1. The van der Waals surface area contributed by atoms with Crippen molar-refractivity contribution >= 4 is 11.7 Å². The number of piperidine rings is 1. The first-order chi connectivity index (χ1) is 16.3. The molecule has 1 aliphatic heterocycles. The molecule has 0 atom stereocenters. The van der Waals surface area contributed by atoms with E-state index in [0.717, 1.165) is 31.5 Å². The number of nitriles is 1. The van der Waals surface area contributed by atoms with Crippen molar-refractivity contribution in [2.24, 2.45) is 11.7 Å². The van der Waals surface area contributed by atoms with Crippen LogP contribution in [0.3, 0.4) is 0 Å². The number of ketones is 1. The van der Waals surface area contributed by atoms with E-state index < -0.39 is 17.1 Å². The van der Waals surface area contributed by atoms with Crippen molar-refractivity contribution in [1.29, 1.82) is 5.26 Å². The van der Waals surface area contributed by atoms with Crippen molar-refractivity contribution in [2.75, 3.05) is 13.1 Å². The van der Waals surface area contributed by atoms with Gasteiger partial charge < -0.3 is 5.73 Å². The molecule has 0 radical (unpaired) electrons. The Hall–Kier alpha value is -3.05. The van der Waals surface area contributed by atoms with E-state index in [0.29, 0.717) is 31.4 Å². The summed E-state index contributed by atoms with van der Waals surface area (Å²) < 4.78 is 17.0. The van der Waals surface area contributed by atoms with Crippen LogP contribution in [-0.4, -0.2) is 45.5 Å². The molecule has 3 aliphatic rings. The number of carbonyl (C=O) groups excluding carboxylic acids is 2. The van der Waals surface area contributed by atoms with Crippen molar-refractivity contribution in [3.05, 3.63) is 53.3 Å². The van der Waals surface area contributed by atoms with E-state index in [1.54, 1.807) is 10.9 Å². The highest BCUT2D eigenvalue weighted by molar-refractivity contribution is 5.95. The number of amides is 1. The van der Waals surface area contributed by atoms with E-state index in [1.165, 1.54) is 0 Å². The molecule has 2 saturated carbocycles. The van der Waals surface area contributed by atoms with Gasteiger partial charge in [0.2, 0.25) is 0 Å². The predicted octanol–water partition coefficient (Wildman–Crippen LogP) is 3.24. The Labute approximate surface area is 198 Å². The van der Waals surface area contributed by atoms with Crippen molar-refractivity contribution in [2.45, 2.75) is 68.6 Å². The molecule has 7 nitrogen and oxygen atoms in total. The Morgan fingerprint density at radius 3 is 2.44 bits per heavy atom. The second kappa shape index (κ2) is 8.62. The fourth-order valence-corrected chi connectivity index (χ4v) is 5.56. The number of nitrogens with two attached hydrogens (primary N) is 1. The van der Waals surface area contributed by atoms with Crippen LogP contribution in [0.4, 0.5) is 4.39 Å². The Morgan fingerprint density at radius 1 is 1.18 bits per heavy atom. The highest BCUT2D eigenvalue weighted by atomic mass is 19.1. The number of aromatic nitrogens is 2. The average molecular weight is 464 g/mol. The lowest BCUT2D eigenvalue weighted by Crippen LogP contribution is -2.56. The molecular weight excluding hydrogens is 433 g/mol. The van der Waals surface area contributed by atoms with Gasteiger partial charge in [-0.15, -0.1) is 0 Å². The van der Waals surface area contributed by atoms with Gasteiger partial charge in [-0.1, -0.05) is 30.3 Å². The van der Waals surface area contributed by atoms with Crippen LogP contribution >= 0.6 is 0 Å². The third kappa shape index (κ3) is 4.14. The molecule has 0 bridgehead atoms. The lowest BCUT2D eigenvalue weighted by molar-refractivity contribution is -0.119. The molecule has 8 heteroatoms. The van der Waals surface area contributed by atoms with Gasteiger partial charge in [0.15, 0.2) is 0 Å². The summed E-state index contributed by atoms with van der Waals surface area (Å²) in [6.07, 6.45) is 6.04. The summed E-state index contributed by atoms with van der Waals surface area (Å²) in [7, 11) is 0. The van der Waals surface area contributed by atoms with Gasteiger partial charge in [-0.25, -0.2) is 4.39 Å². The molecule has 2 N–H and O–H groups in total. The van der Waals surface area contributed by atoms with Gasteiger partial charge >= 0.3 is 0 Å². The fourth-order valence-electron chi connectivity index (χ4n) is 5.56. The summed E-state index contributed by atoms with van der Waals surface area (Å²) in [5, 5.41) is 14.2. The summed E-state index contributed by atoms with van der Waals surface area (Å²) in [4.78, 5) is 26.7. The largest absolute Gasteiger partial charge is 0.365 e. The van der Waals surface area contributed by atoms with E-state index in [4.69, 9.17) is 5.73 Å². The highest BCUT2D eigenvalue weighted by Gasteiger charge is 2.50. The zero-order chi connectivity index (χ0) is 23.9. The van der Waals surface area contributed by atoms with E-state index in [9.17, 15) is 14.9 Å². The maximum atomic E-state index is 15.3. The molecule has 1 aromatic carbocycles.